The third-order valence-corrected chi connectivity index (χ3v) is 5.01. The molecule has 1 saturated carbocycles. The van der Waals surface area contributed by atoms with Crippen LogP contribution in [0.4, 0.5) is 0 Å². The lowest BCUT2D eigenvalue weighted by Crippen LogP contribution is -2.36. The van der Waals surface area contributed by atoms with E-state index in [9.17, 15) is 4.79 Å². The van der Waals surface area contributed by atoms with Crippen LogP contribution in [-0.4, -0.2) is 33.7 Å². The number of aryl methyl sites for hydroxylation is 2. The maximum Gasteiger partial charge on any atom is 0.246 e. The lowest BCUT2D eigenvalue weighted by atomic mass is 9.96. The van der Waals surface area contributed by atoms with Crippen LogP contribution in [0.2, 0.25) is 5.15 Å². The molecule has 0 unspecified atom stereocenters. The van der Waals surface area contributed by atoms with Gasteiger partial charge in [0.2, 0.25) is 5.91 Å². The SMILES string of the molecule is Cc1nn(C)c(Cl)c1C=CC(=O)N(C)C1CCCCCCC1. The molecular formula is C17H26ClN3O. The fourth-order valence-corrected chi connectivity index (χ4v) is 3.35. The first kappa shape index (κ1) is 17.1. The van der Waals surface area contributed by atoms with Crippen molar-refractivity contribution in [2.75, 3.05) is 7.05 Å². The summed E-state index contributed by atoms with van der Waals surface area (Å²) in [6, 6.07) is 0.364. The Kier molecular flexibility index (Phi) is 6.07. The zero-order chi connectivity index (χ0) is 16.1. The lowest BCUT2D eigenvalue weighted by Gasteiger charge is -2.29. The summed E-state index contributed by atoms with van der Waals surface area (Å²) in [4.78, 5) is 14.3. The first-order valence-corrected chi connectivity index (χ1v) is 8.52. The highest BCUT2D eigenvalue weighted by molar-refractivity contribution is 6.31. The van der Waals surface area contributed by atoms with E-state index in [0.717, 1.165) is 24.1 Å². The average Bonchev–Trinajstić information content (AvgIpc) is 2.69. The second-order valence-electron chi connectivity index (χ2n) is 6.19. The highest BCUT2D eigenvalue weighted by atomic mass is 35.5. The number of amides is 1. The average molecular weight is 324 g/mol. The van der Waals surface area contributed by atoms with E-state index >= 15 is 0 Å². The molecule has 0 spiro atoms. The summed E-state index contributed by atoms with van der Waals surface area (Å²) in [5, 5.41) is 4.82. The van der Waals surface area contributed by atoms with Crippen LogP contribution in [0.3, 0.4) is 0 Å². The van der Waals surface area contributed by atoms with Crippen LogP contribution < -0.4 is 0 Å². The topological polar surface area (TPSA) is 38.1 Å². The monoisotopic (exact) mass is 323 g/mol. The molecule has 2 rings (SSSR count). The molecule has 22 heavy (non-hydrogen) atoms. The molecule has 5 heteroatoms. The van der Waals surface area contributed by atoms with Crippen molar-refractivity contribution in [1.82, 2.24) is 14.7 Å². The van der Waals surface area contributed by atoms with E-state index in [0.29, 0.717) is 11.2 Å². The van der Waals surface area contributed by atoms with Gasteiger partial charge in [0.05, 0.1) is 5.69 Å². The zero-order valence-electron chi connectivity index (χ0n) is 13.8. The Bertz CT molecular complexity index is 542. The molecule has 0 atom stereocenters. The Morgan fingerprint density at radius 2 is 1.86 bits per heavy atom. The summed E-state index contributed by atoms with van der Waals surface area (Å²) in [5.74, 6) is 0.0462. The maximum atomic E-state index is 12.4. The van der Waals surface area contributed by atoms with Gasteiger partial charge in [-0.1, -0.05) is 43.7 Å². The van der Waals surface area contributed by atoms with Crippen molar-refractivity contribution in [1.29, 1.82) is 0 Å². The quantitative estimate of drug-likeness (QED) is 0.789. The summed E-state index contributed by atoms with van der Waals surface area (Å²) < 4.78 is 1.62. The van der Waals surface area contributed by atoms with Crippen LogP contribution in [0, 0.1) is 6.92 Å². The Morgan fingerprint density at radius 3 is 2.41 bits per heavy atom. The van der Waals surface area contributed by atoms with Gasteiger partial charge in [0.1, 0.15) is 5.15 Å². The van der Waals surface area contributed by atoms with E-state index in [1.165, 1.54) is 32.1 Å². The zero-order valence-corrected chi connectivity index (χ0v) is 14.6. The Morgan fingerprint density at radius 1 is 1.27 bits per heavy atom. The van der Waals surface area contributed by atoms with Gasteiger partial charge in [-0.2, -0.15) is 5.10 Å². The molecule has 1 fully saturated rings. The number of likely N-dealkylation sites (N-methyl/N-ethyl adjacent to an activating group) is 1. The van der Waals surface area contributed by atoms with Gasteiger partial charge < -0.3 is 4.90 Å². The second kappa shape index (κ2) is 7.82. The first-order chi connectivity index (χ1) is 10.5. The van der Waals surface area contributed by atoms with Gasteiger partial charge in [0, 0.05) is 31.8 Å². The number of carbonyl (C=O) groups excluding carboxylic acids is 1. The van der Waals surface area contributed by atoms with Gasteiger partial charge in [-0.3, -0.25) is 9.48 Å². The number of hydrogen-bond donors (Lipinski definition) is 0. The van der Waals surface area contributed by atoms with E-state index in [1.807, 2.05) is 18.9 Å². The van der Waals surface area contributed by atoms with E-state index in [1.54, 1.807) is 23.9 Å². The molecule has 0 aliphatic heterocycles. The Labute approximate surface area is 138 Å². The van der Waals surface area contributed by atoms with Crippen molar-refractivity contribution in [2.45, 2.75) is 57.9 Å². The summed E-state index contributed by atoms with van der Waals surface area (Å²) in [6.45, 7) is 1.90. The van der Waals surface area contributed by atoms with E-state index < -0.39 is 0 Å². The number of hydrogen-bond acceptors (Lipinski definition) is 2. The number of rotatable bonds is 3. The predicted octanol–water partition coefficient (Wildman–Crippen LogP) is 3.97. The molecule has 1 aliphatic carbocycles. The maximum absolute atomic E-state index is 12.4. The fraction of sp³-hybridized carbons (Fsp3) is 0.647. The Hall–Kier alpha value is -1.29. The highest BCUT2D eigenvalue weighted by Crippen LogP contribution is 2.22. The van der Waals surface area contributed by atoms with E-state index in [4.69, 9.17) is 11.6 Å². The molecule has 1 amide bonds. The van der Waals surface area contributed by atoms with E-state index in [2.05, 4.69) is 5.10 Å². The number of aromatic nitrogens is 2. The molecule has 1 heterocycles. The smallest absolute Gasteiger partial charge is 0.246 e. The summed E-state index contributed by atoms with van der Waals surface area (Å²) in [7, 11) is 3.71. The van der Waals surface area contributed by atoms with Crippen LogP contribution in [0.5, 0.6) is 0 Å². The number of carbonyl (C=O) groups is 1. The van der Waals surface area contributed by atoms with Crippen molar-refractivity contribution in [2.24, 2.45) is 7.05 Å². The molecule has 1 aliphatic rings. The third kappa shape index (κ3) is 4.13. The molecule has 4 nitrogen and oxygen atoms in total. The summed E-state index contributed by atoms with van der Waals surface area (Å²) in [5.41, 5.74) is 1.66. The molecule has 0 aromatic carbocycles. The minimum Gasteiger partial charge on any atom is -0.339 e. The van der Waals surface area contributed by atoms with Gasteiger partial charge in [-0.05, 0) is 25.8 Å². The first-order valence-electron chi connectivity index (χ1n) is 8.14. The lowest BCUT2D eigenvalue weighted by molar-refractivity contribution is -0.127. The minimum absolute atomic E-state index is 0.0462. The molecule has 1 aromatic heterocycles. The molecule has 0 N–H and O–H groups in total. The molecule has 1 aromatic rings. The van der Waals surface area contributed by atoms with Crippen molar-refractivity contribution in [3.05, 3.63) is 22.5 Å². The molecule has 0 saturated heterocycles. The highest BCUT2D eigenvalue weighted by Gasteiger charge is 2.19. The third-order valence-electron chi connectivity index (χ3n) is 4.56. The van der Waals surface area contributed by atoms with Gasteiger partial charge in [-0.25, -0.2) is 0 Å². The van der Waals surface area contributed by atoms with Crippen molar-refractivity contribution < 1.29 is 4.79 Å². The largest absolute Gasteiger partial charge is 0.339 e. The van der Waals surface area contributed by atoms with Gasteiger partial charge in [-0.15, -0.1) is 0 Å². The predicted molar refractivity (Wildman–Crippen MR) is 90.9 cm³/mol. The minimum atomic E-state index is 0.0462. The fourth-order valence-electron chi connectivity index (χ4n) is 3.11. The van der Waals surface area contributed by atoms with Gasteiger partial charge >= 0.3 is 0 Å². The number of nitrogens with zero attached hydrogens (tertiary/aromatic N) is 3. The van der Waals surface area contributed by atoms with Gasteiger partial charge in [0.15, 0.2) is 0 Å². The van der Waals surface area contributed by atoms with Crippen molar-refractivity contribution >= 4 is 23.6 Å². The van der Waals surface area contributed by atoms with Crippen LogP contribution in [0.25, 0.3) is 6.08 Å². The standard InChI is InChI=1S/C17H26ClN3O/c1-13-15(17(18)21(3)19-13)11-12-16(22)20(2)14-9-7-5-4-6-8-10-14/h11-12,14H,4-10H2,1-3H3. The van der Waals surface area contributed by atoms with Crippen LogP contribution in [0.1, 0.15) is 56.2 Å². The molecular weight excluding hydrogens is 298 g/mol. The number of halogens is 1. The van der Waals surface area contributed by atoms with Crippen LogP contribution in [-0.2, 0) is 11.8 Å². The van der Waals surface area contributed by atoms with E-state index in [-0.39, 0.29) is 5.91 Å². The van der Waals surface area contributed by atoms with Gasteiger partial charge in [0.25, 0.3) is 0 Å². The Balaban J connectivity index is 2.02. The van der Waals surface area contributed by atoms with Crippen molar-refractivity contribution in [3.63, 3.8) is 0 Å². The normalized spacial score (nSPS) is 17.5. The summed E-state index contributed by atoms with van der Waals surface area (Å²) in [6.07, 6.45) is 12.0. The molecule has 122 valence electrons. The van der Waals surface area contributed by atoms with Crippen LogP contribution >= 0.6 is 11.6 Å². The molecule has 0 radical (unpaired) electrons. The van der Waals surface area contributed by atoms with Crippen molar-refractivity contribution in [3.8, 4) is 0 Å². The van der Waals surface area contributed by atoms with Crippen LogP contribution in [0.15, 0.2) is 6.08 Å². The second-order valence-corrected chi connectivity index (χ2v) is 6.55. The molecule has 0 bridgehead atoms. The summed E-state index contributed by atoms with van der Waals surface area (Å²) >= 11 is 6.19.